The van der Waals surface area contributed by atoms with E-state index in [1.807, 2.05) is 30.3 Å². The number of benzene rings is 2. The van der Waals surface area contributed by atoms with E-state index in [0.29, 0.717) is 22.7 Å². The van der Waals surface area contributed by atoms with Crippen LogP contribution < -0.4 is 5.32 Å². The summed E-state index contributed by atoms with van der Waals surface area (Å²) in [6.07, 6.45) is 0.612. The molecule has 0 aliphatic carbocycles. The van der Waals surface area contributed by atoms with Gasteiger partial charge >= 0.3 is 0 Å². The molecular formula is C15H13ClINO2. The van der Waals surface area contributed by atoms with E-state index < -0.39 is 0 Å². The molecule has 0 aromatic heterocycles. The predicted octanol–water partition coefficient (Wildman–Crippen LogP) is 3.73. The average molecular weight is 402 g/mol. The van der Waals surface area contributed by atoms with E-state index in [0.717, 1.165) is 9.13 Å². The van der Waals surface area contributed by atoms with Crippen molar-refractivity contribution in [1.82, 2.24) is 0 Å². The lowest BCUT2D eigenvalue weighted by Crippen LogP contribution is -2.11. The van der Waals surface area contributed by atoms with Crippen molar-refractivity contribution in [2.45, 2.75) is 6.42 Å². The maximum atomic E-state index is 12.1. The van der Waals surface area contributed by atoms with Gasteiger partial charge in [-0.2, -0.15) is 0 Å². The first-order chi connectivity index (χ1) is 9.60. The zero-order chi connectivity index (χ0) is 14.5. The third-order valence-corrected chi connectivity index (χ3v) is 4.37. The maximum Gasteiger partial charge on any atom is 0.255 e. The molecule has 2 aromatic rings. The highest BCUT2D eigenvalue weighted by Crippen LogP contribution is 2.20. The van der Waals surface area contributed by atoms with Crippen molar-refractivity contribution < 1.29 is 9.90 Å². The van der Waals surface area contributed by atoms with Gasteiger partial charge in [-0.1, -0.05) is 23.7 Å². The summed E-state index contributed by atoms with van der Waals surface area (Å²) in [5.41, 5.74) is 2.27. The van der Waals surface area contributed by atoms with Gasteiger partial charge in [-0.25, -0.2) is 0 Å². The molecule has 1 amide bonds. The SMILES string of the molecule is O=C(Nc1ccc(CCO)cc1)c1ccc(I)c(Cl)c1. The van der Waals surface area contributed by atoms with Crippen LogP contribution in [0, 0.1) is 3.57 Å². The van der Waals surface area contributed by atoms with Crippen molar-refractivity contribution in [3.8, 4) is 0 Å². The summed E-state index contributed by atoms with van der Waals surface area (Å²) in [7, 11) is 0. The Morgan fingerprint density at radius 3 is 2.50 bits per heavy atom. The molecule has 5 heteroatoms. The normalized spacial score (nSPS) is 10.3. The summed E-state index contributed by atoms with van der Waals surface area (Å²) >= 11 is 8.12. The van der Waals surface area contributed by atoms with E-state index in [1.54, 1.807) is 12.1 Å². The van der Waals surface area contributed by atoms with Gasteiger partial charge in [0.05, 0.1) is 5.02 Å². The van der Waals surface area contributed by atoms with Crippen molar-refractivity contribution in [1.29, 1.82) is 0 Å². The molecule has 0 saturated carbocycles. The van der Waals surface area contributed by atoms with E-state index >= 15 is 0 Å². The zero-order valence-corrected chi connectivity index (χ0v) is 13.5. The van der Waals surface area contributed by atoms with Crippen LogP contribution in [-0.2, 0) is 6.42 Å². The zero-order valence-electron chi connectivity index (χ0n) is 10.6. The van der Waals surface area contributed by atoms with Gasteiger partial charge in [0.2, 0.25) is 0 Å². The van der Waals surface area contributed by atoms with E-state index in [1.165, 1.54) is 0 Å². The largest absolute Gasteiger partial charge is 0.396 e. The molecule has 3 nitrogen and oxygen atoms in total. The molecule has 2 rings (SSSR count). The Bertz CT molecular complexity index is 614. The summed E-state index contributed by atoms with van der Waals surface area (Å²) in [5.74, 6) is -0.196. The van der Waals surface area contributed by atoms with Gasteiger partial charge in [-0.15, -0.1) is 0 Å². The number of anilines is 1. The molecule has 104 valence electrons. The van der Waals surface area contributed by atoms with Crippen molar-refractivity contribution in [3.63, 3.8) is 0 Å². The number of aliphatic hydroxyl groups is 1. The molecule has 0 fully saturated rings. The first kappa shape index (κ1) is 15.3. The molecule has 0 unspecified atom stereocenters. The second kappa shape index (κ2) is 7.06. The molecule has 0 bridgehead atoms. The molecule has 0 saturated heterocycles. The summed E-state index contributed by atoms with van der Waals surface area (Å²) in [5, 5.41) is 12.2. The van der Waals surface area contributed by atoms with Crippen LogP contribution in [-0.4, -0.2) is 17.6 Å². The van der Waals surface area contributed by atoms with Crippen LogP contribution in [0.4, 0.5) is 5.69 Å². The molecular weight excluding hydrogens is 389 g/mol. The fraction of sp³-hybridized carbons (Fsp3) is 0.133. The van der Waals surface area contributed by atoms with Gasteiger partial charge in [0.1, 0.15) is 0 Å². The van der Waals surface area contributed by atoms with Crippen LogP contribution in [0.2, 0.25) is 5.02 Å². The fourth-order valence-electron chi connectivity index (χ4n) is 1.72. The van der Waals surface area contributed by atoms with Gasteiger partial charge in [-0.3, -0.25) is 4.79 Å². The summed E-state index contributed by atoms with van der Waals surface area (Å²) < 4.78 is 0.911. The second-order valence-electron chi connectivity index (χ2n) is 4.25. The van der Waals surface area contributed by atoms with Crippen LogP contribution in [0.3, 0.4) is 0 Å². The van der Waals surface area contributed by atoms with Gasteiger partial charge in [0.25, 0.3) is 5.91 Å². The van der Waals surface area contributed by atoms with Crippen LogP contribution >= 0.6 is 34.2 Å². The standard InChI is InChI=1S/C15H13ClINO2/c16-13-9-11(3-6-14(13)17)15(20)18-12-4-1-10(2-5-12)7-8-19/h1-6,9,19H,7-8H2,(H,18,20). The molecule has 0 aliphatic rings. The number of hydrogen-bond donors (Lipinski definition) is 2. The smallest absolute Gasteiger partial charge is 0.255 e. The Labute approximate surface area is 136 Å². The number of halogens is 2. The van der Waals surface area contributed by atoms with Gasteiger partial charge in [-0.05, 0) is 64.9 Å². The molecule has 0 spiro atoms. The summed E-state index contributed by atoms with van der Waals surface area (Å²) in [6, 6.07) is 12.6. The highest BCUT2D eigenvalue weighted by Gasteiger charge is 2.08. The van der Waals surface area contributed by atoms with Crippen molar-refractivity contribution in [2.75, 3.05) is 11.9 Å². The predicted molar refractivity (Wildman–Crippen MR) is 89.4 cm³/mol. The molecule has 20 heavy (non-hydrogen) atoms. The second-order valence-corrected chi connectivity index (χ2v) is 5.82. The molecule has 0 aliphatic heterocycles. The third-order valence-electron chi connectivity index (χ3n) is 2.79. The first-order valence-corrected chi connectivity index (χ1v) is 7.52. The molecule has 0 radical (unpaired) electrons. The number of amides is 1. The van der Waals surface area contributed by atoms with E-state index in [-0.39, 0.29) is 12.5 Å². The number of rotatable bonds is 4. The number of carbonyl (C=O) groups excluding carboxylic acids is 1. The molecule has 2 aromatic carbocycles. The highest BCUT2D eigenvalue weighted by atomic mass is 127. The Hall–Kier alpha value is -1.11. The molecule has 2 N–H and O–H groups in total. The van der Waals surface area contributed by atoms with Crippen LogP contribution in [0.25, 0.3) is 0 Å². The Kier molecular flexibility index (Phi) is 5.39. The quantitative estimate of drug-likeness (QED) is 0.767. The number of carbonyl (C=O) groups is 1. The molecule has 0 heterocycles. The van der Waals surface area contributed by atoms with Gasteiger partial charge in [0, 0.05) is 21.4 Å². The minimum Gasteiger partial charge on any atom is -0.396 e. The van der Waals surface area contributed by atoms with Crippen molar-refractivity contribution >= 4 is 45.8 Å². The van der Waals surface area contributed by atoms with Crippen LogP contribution in [0.15, 0.2) is 42.5 Å². The number of nitrogens with one attached hydrogen (secondary N) is 1. The average Bonchev–Trinajstić information content (AvgIpc) is 2.44. The Morgan fingerprint density at radius 1 is 1.20 bits per heavy atom. The number of aliphatic hydroxyl groups excluding tert-OH is 1. The lowest BCUT2D eigenvalue weighted by Gasteiger charge is -2.07. The van der Waals surface area contributed by atoms with Crippen LogP contribution in [0.1, 0.15) is 15.9 Å². The van der Waals surface area contributed by atoms with Crippen LogP contribution in [0.5, 0.6) is 0 Å². The Balaban J connectivity index is 2.08. The molecule has 0 atom stereocenters. The summed E-state index contributed by atoms with van der Waals surface area (Å²) in [6.45, 7) is 0.118. The monoisotopic (exact) mass is 401 g/mol. The van der Waals surface area contributed by atoms with Gasteiger partial charge in [0.15, 0.2) is 0 Å². The van der Waals surface area contributed by atoms with E-state index in [4.69, 9.17) is 16.7 Å². The first-order valence-electron chi connectivity index (χ1n) is 6.06. The van der Waals surface area contributed by atoms with Gasteiger partial charge < -0.3 is 10.4 Å². The minimum absolute atomic E-state index is 0.118. The fourth-order valence-corrected chi connectivity index (χ4v) is 2.24. The van der Waals surface area contributed by atoms with Crippen molar-refractivity contribution in [2.24, 2.45) is 0 Å². The third kappa shape index (κ3) is 3.94. The topological polar surface area (TPSA) is 49.3 Å². The number of hydrogen-bond acceptors (Lipinski definition) is 2. The lowest BCUT2D eigenvalue weighted by molar-refractivity contribution is 0.102. The van der Waals surface area contributed by atoms with Crippen molar-refractivity contribution in [3.05, 3.63) is 62.2 Å². The minimum atomic E-state index is -0.196. The lowest BCUT2D eigenvalue weighted by atomic mass is 10.1. The summed E-state index contributed by atoms with van der Waals surface area (Å²) in [4.78, 5) is 12.1. The van der Waals surface area contributed by atoms with E-state index in [9.17, 15) is 4.79 Å². The van der Waals surface area contributed by atoms with E-state index in [2.05, 4.69) is 27.9 Å². The highest BCUT2D eigenvalue weighted by molar-refractivity contribution is 14.1. The Morgan fingerprint density at radius 2 is 1.90 bits per heavy atom. The maximum absolute atomic E-state index is 12.1.